The molecule has 2 rings (SSSR count). The number of carbonyl (C=O) groups excluding carboxylic acids is 2. The van der Waals surface area contributed by atoms with Gasteiger partial charge in [0, 0.05) is 30.0 Å². The second-order valence-electron chi connectivity index (χ2n) is 5.27. The van der Waals surface area contributed by atoms with Crippen LogP contribution < -0.4 is 15.5 Å². The van der Waals surface area contributed by atoms with Gasteiger partial charge in [-0.2, -0.15) is 0 Å². The molecule has 0 aliphatic rings. The number of hydrogen-bond acceptors (Lipinski definition) is 3. The standard InChI is InChI=1S/C19H23N3O2/c1-3-20-18(23)14-21-16-12-10-15(11-13-16)19(24)22(4-2)17-8-6-5-7-9-17/h5-13,21H,3-4,14H2,1-2H3,(H,20,23). The first-order valence-corrected chi connectivity index (χ1v) is 8.13. The molecular formula is C19H23N3O2. The van der Waals surface area contributed by atoms with Gasteiger partial charge in [0.2, 0.25) is 5.91 Å². The number of nitrogens with zero attached hydrogens (tertiary/aromatic N) is 1. The van der Waals surface area contributed by atoms with Crippen LogP contribution in [0.15, 0.2) is 54.6 Å². The first kappa shape index (κ1) is 17.5. The van der Waals surface area contributed by atoms with Crippen LogP contribution in [0.1, 0.15) is 24.2 Å². The van der Waals surface area contributed by atoms with Crippen molar-refractivity contribution in [1.82, 2.24) is 5.32 Å². The highest BCUT2D eigenvalue weighted by Gasteiger charge is 2.15. The molecule has 2 aromatic carbocycles. The molecule has 0 atom stereocenters. The zero-order valence-corrected chi connectivity index (χ0v) is 14.1. The molecule has 24 heavy (non-hydrogen) atoms. The number of nitrogens with one attached hydrogen (secondary N) is 2. The highest BCUT2D eigenvalue weighted by Crippen LogP contribution is 2.18. The average Bonchev–Trinajstić information content (AvgIpc) is 2.62. The van der Waals surface area contributed by atoms with Crippen LogP contribution in [0.4, 0.5) is 11.4 Å². The number of amides is 2. The van der Waals surface area contributed by atoms with Gasteiger partial charge in [-0.05, 0) is 50.2 Å². The zero-order chi connectivity index (χ0) is 17.4. The zero-order valence-electron chi connectivity index (χ0n) is 14.1. The fraction of sp³-hybridized carbons (Fsp3) is 0.263. The molecule has 0 unspecified atom stereocenters. The Morgan fingerprint density at radius 2 is 1.62 bits per heavy atom. The molecule has 0 aliphatic heterocycles. The number of para-hydroxylation sites is 1. The summed E-state index contributed by atoms with van der Waals surface area (Å²) < 4.78 is 0. The van der Waals surface area contributed by atoms with E-state index >= 15 is 0 Å². The molecule has 0 aliphatic carbocycles. The minimum atomic E-state index is -0.0566. The molecule has 5 heteroatoms. The highest BCUT2D eigenvalue weighted by molar-refractivity contribution is 6.06. The summed E-state index contributed by atoms with van der Waals surface area (Å²) in [6, 6.07) is 16.8. The highest BCUT2D eigenvalue weighted by atomic mass is 16.2. The average molecular weight is 325 g/mol. The lowest BCUT2D eigenvalue weighted by Gasteiger charge is -2.21. The van der Waals surface area contributed by atoms with E-state index in [4.69, 9.17) is 0 Å². The van der Waals surface area contributed by atoms with E-state index < -0.39 is 0 Å². The Kier molecular flexibility index (Phi) is 6.37. The number of likely N-dealkylation sites (N-methyl/N-ethyl adjacent to an activating group) is 1. The molecular weight excluding hydrogens is 302 g/mol. The van der Waals surface area contributed by atoms with E-state index in [-0.39, 0.29) is 18.4 Å². The van der Waals surface area contributed by atoms with E-state index in [1.54, 1.807) is 17.0 Å². The fourth-order valence-electron chi connectivity index (χ4n) is 2.38. The van der Waals surface area contributed by atoms with Gasteiger partial charge in [-0.3, -0.25) is 9.59 Å². The molecule has 126 valence electrons. The Morgan fingerprint density at radius 1 is 0.958 bits per heavy atom. The van der Waals surface area contributed by atoms with Gasteiger partial charge in [0.25, 0.3) is 5.91 Å². The van der Waals surface area contributed by atoms with Crippen LogP contribution in [0.5, 0.6) is 0 Å². The molecule has 2 N–H and O–H groups in total. The maximum absolute atomic E-state index is 12.7. The molecule has 0 spiro atoms. The number of hydrogen-bond donors (Lipinski definition) is 2. The molecule has 0 radical (unpaired) electrons. The summed E-state index contributed by atoms with van der Waals surface area (Å²) in [7, 11) is 0. The Morgan fingerprint density at radius 3 is 2.21 bits per heavy atom. The van der Waals surface area contributed by atoms with Gasteiger partial charge < -0.3 is 15.5 Å². The van der Waals surface area contributed by atoms with Gasteiger partial charge in [0.15, 0.2) is 0 Å². The van der Waals surface area contributed by atoms with Crippen molar-refractivity contribution in [2.75, 3.05) is 29.9 Å². The number of benzene rings is 2. The second kappa shape index (κ2) is 8.72. The van der Waals surface area contributed by atoms with Crippen molar-refractivity contribution in [2.45, 2.75) is 13.8 Å². The monoisotopic (exact) mass is 325 g/mol. The fourth-order valence-corrected chi connectivity index (χ4v) is 2.38. The van der Waals surface area contributed by atoms with E-state index in [0.717, 1.165) is 11.4 Å². The summed E-state index contributed by atoms with van der Waals surface area (Å²) in [5.74, 6) is -0.0992. The van der Waals surface area contributed by atoms with E-state index in [2.05, 4.69) is 10.6 Å². The summed E-state index contributed by atoms with van der Waals surface area (Å²) >= 11 is 0. The lowest BCUT2D eigenvalue weighted by molar-refractivity contribution is -0.119. The maximum atomic E-state index is 12.7. The van der Waals surface area contributed by atoms with Crippen molar-refractivity contribution < 1.29 is 9.59 Å². The van der Waals surface area contributed by atoms with Crippen LogP contribution >= 0.6 is 0 Å². The molecule has 2 aromatic rings. The van der Waals surface area contributed by atoms with Gasteiger partial charge >= 0.3 is 0 Å². The molecule has 0 saturated carbocycles. The van der Waals surface area contributed by atoms with E-state index in [1.807, 2.05) is 56.3 Å². The minimum absolute atomic E-state index is 0.0426. The van der Waals surface area contributed by atoms with Crippen molar-refractivity contribution in [3.63, 3.8) is 0 Å². The van der Waals surface area contributed by atoms with Crippen molar-refractivity contribution in [3.05, 3.63) is 60.2 Å². The Hall–Kier alpha value is -2.82. The van der Waals surface area contributed by atoms with Gasteiger partial charge in [0.1, 0.15) is 0 Å². The smallest absolute Gasteiger partial charge is 0.258 e. The van der Waals surface area contributed by atoms with Crippen LogP contribution in [-0.2, 0) is 4.79 Å². The number of anilines is 2. The molecule has 0 aromatic heterocycles. The van der Waals surface area contributed by atoms with Gasteiger partial charge in [-0.25, -0.2) is 0 Å². The Balaban J connectivity index is 2.04. The van der Waals surface area contributed by atoms with Crippen molar-refractivity contribution >= 4 is 23.2 Å². The topological polar surface area (TPSA) is 61.4 Å². The lowest BCUT2D eigenvalue weighted by atomic mass is 10.1. The van der Waals surface area contributed by atoms with Crippen molar-refractivity contribution in [3.8, 4) is 0 Å². The van der Waals surface area contributed by atoms with Crippen LogP contribution in [-0.4, -0.2) is 31.4 Å². The first-order chi connectivity index (χ1) is 11.7. The Bertz CT molecular complexity index is 669. The quantitative estimate of drug-likeness (QED) is 0.823. The first-order valence-electron chi connectivity index (χ1n) is 8.13. The summed E-state index contributed by atoms with van der Waals surface area (Å²) in [6.45, 7) is 5.25. The lowest BCUT2D eigenvalue weighted by Crippen LogP contribution is -2.30. The third-order valence-corrected chi connectivity index (χ3v) is 3.59. The second-order valence-corrected chi connectivity index (χ2v) is 5.27. The molecule has 5 nitrogen and oxygen atoms in total. The molecule has 0 saturated heterocycles. The number of carbonyl (C=O) groups is 2. The van der Waals surface area contributed by atoms with E-state index in [9.17, 15) is 9.59 Å². The van der Waals surface area contributed by atoms with Crippen LogP contribution in [0, 0.1) is 0 Å². The number of rotatable bonds is 7. The SMILES string of the molecule is CCNC(=O)CNc1ccc(C(=O)N(CC)c2ccccc2)cc1. The molecule has 0 bridgehead atoms. The van der Waals surface area contributed by atoms with Gasteiger partial charge in [0.05, 0.1) is 6.54 Å². The van der Waals surface area contributed by atoms with Gasteiger partial charge in [-0.15, -0.1) is 0 Å². The third kappa shape index (κ3) is 4.59. The predicted octanol–water partition coefficient (Wildman–Crippen LogP) is 2.90. The van der Waals surface area contributed by atoms with E-state index in [1.165, 1.54) is 0 Å². The van der Waals surface area contributed by atoms with Crippen LogP contribution in [0.25, 0.3) is 0 Å². The largest absolute Gasteiger partial charge is 0.376 e. The van der Waals surface area contributed by atoms with Crippen molar-refractivity contribution in [2.24, 2.45) is 0 Å². The van der Waals surface area contributed by atoms with E-state index in [0.29, 0.717) is 18.7 Å². The van der Waals surface area contributed by atoms with Gasteiger partial charge in [-0.1, -0.05) is 18.2 Å². The normalized spacial score (nSPS) is 10.1. The summed E-state index contributed by atoms with van der Waals surface area (Å²) in [4.78, 5) is 25.9. The summed E-state index contributed by atoms with van der Waals surface area (Å²) in [6.07, 6.45) is 0. The summed E-state index contributed by atoms with van der Waals surface area (Å²) in [5, 5.41) is 5.76. The molecule has 2 amide bonds. The third-order valence-electron chi connectivity index (χ3n) is 3.59. The Labute approximate surface area is 142 Å². The predicted molar refractivity (Wildman–Crippen MR) is 97.4 cm³/mol. The van der Waals surface area contributed by atoms with Crippen LogP contribution in [0.2, 0.25) is 0 Å². The van der Waals surface area contributed by atoms with Crippen molar-refractivity contribution in [1.29, 1.82) is 0 Å². The van der Waals surface area contributed by atoms with Crippen LogP contribution in [0.3, 0.4) is 0 Å². The maximum Gasteiger partial charge on any atom is 0.258 e. The summed E-state index contributed by atoms with van der Waals surface area (Å²) in [5.41, 5.74) is 2.30. The molecule has 0 fully saturated rings. The minimum Gasteiger partial charge on any atom is -0.376 e. The molecule has 0 heterocycles.